The van der Waals surface area contributed by atoms with Gasteiger partial charge in [0.15, 0.2) is 0 Å². The first-order chi connectivity index (χ1) is 12.2. The van der Waals surface area contributed by atoms with Gasteiger partial charge in [0.05, 0.1) is 12.2 Å². The molecule has 1 aromatic heterocycles. The summed E-state index contributed by atoms with van der Waals surface area (Å²) >= 11 is 1.95. The molecule has 0 bridgehead atoms. The Kier molecular flexibility index (Phi) is 5.97. The van der Waals surface area contributed by atoms with Gasteiger partial charge in [-0.05, 0) is 37.5 Å². The number of pyridine rings is 1. The lowest BCUT2D eigenvalue weighted by Gasteiger charge is -2.20. The molecule has 0 radical (unpaired) electrons. The number of hydrogen-bond acceptors (Lipinski definition) is 4. The Bertz CT molecular complexity index is 718. The minimum atomic E-state index is 0.0570. The topological polar surface area (TPSA) is 42.4 Å². The van der Waals surface area contributed by atoms with Crippen molar-refractivity contribution in [1.82, 2.24) is 9.88 Å². The SMILES string of the molecule is CCOc1ccc(C(=O)N2CCSC(c3ccccc3C)CC2)cn1. The van der Waals surface area contributed by atoms with Crippen molar-refractivity contribution in [3.63, 3.8) is 0 Å². The van der Waals surface area contributed by atoms with Crippen LogP contribution in [0.1, 0.15) is 40.1 Å². The van der Waals surface area contributed by atoms with Crippen molar-refractivity contribution in [2.75, 3.05) is 25.4 Å². The zero-order chi connectivity index (χ0) is 17.6. The van der Waals surface area contributed by atoms with Crippen molar-refractivity contribution in [3.05, 3.63) is 59.3 Å². The van der Waals surface area contributed by atoms with Crippen molar-refractivity contribution in [1.29, 1.82) is 0 Å². The summed E-state index contributed by atoms with van der Waals surface area (Å²) < 4.78 is 5.34. The molecule has 1 atom stereocenters. The van der Waals surface area contributed by atoms with E-state index >= 15 is 0 Å². The molecule has 1 aromatic carbocycles. The normalized spacial score (nSPS) is 17.8. The molecule has 0 N–H and O–H groups in total. The highest BCUT2D eigenvalue weighted by Gasteiger charge is 2.23. The van der Waals surface area contributed by atoms with Crippen molar-refractivity contribution in [2.45, 2.75) is 25.5 Å². The monoisotopic (exact) mass is 356 g/mol. The predicted molar refractivity (Wildman–Crippen MR) is 102 cm³/mol. The third-order valence-corrected chi connectivity index (χ3v) is 5.75. The number of amides is 1. The van der Waals surface area contributed by atoms with Crippen LogP contribution in [0.3, 0.4) is 0 Å². The summed E-state index contributed by atoms with van der Waals surface area (Å²) in [5.74, 6) is 1.57. The largest absolute Gasteiger partial charge is 0.478 e. The third-order valence-electron chi connectivity index (χ3n) is 4.44. The Balaban J connectivity index is 1.66. The van der Waals surface area contributed by atoms with Crippen LogP contribution in [-0.2, 0) is 0 Å². The van der Waals surface area contributed by atoms with Gasteiger partial charge in [0.25, 0.3) is 5.91 Å². The van der Waals surface area contributed by atoms with Gasteiger partial charge in [0.1, 0.15) is 0 Å². The minimum Gasteiger partial charge on any atom is -0.478 e. The van der Waals surface area contributed by atoms with Gasteiger partial charge in [-0.3, -0.25) is 4.79 Å². The fraction of sp³-hybridized carbons (Fsp3) is 0.400. The van der Waals surface area contributed by atoms with Gasteiger partial charge < -0.3 is 9.64 Å². The Hall–Kier alpha value is -2.01. The molecule has 1 amide bonds. The third kappa shape index (κ3) is 4.34. The number of benzene rings is 1. The maximum atomic E-state index is 12.8. The first-order valence-corrected chi connectivity index (χ1v) is 9.79. The summed E-state index contributed by atoms with van der Waals surface area (Å²) in [4.78, 5) is 18.9. The van der Waals surface area contributed by atoms with Gasteiger partial charge in [-0.1, -0.05) is 24.3 Å². The van der Waals surface area contributed by atoms with Crippen molar-refractivity contribution in [2.24, 2.45) is 0 Å². The second-order valence-corrected chi connectivity index (χ2v) is 7.43. The van der Waals surface area contributed by atoms with Gasteiger partial charge in [-0.15, -0.1) is 0 Å². The van der Waals surface area contributed by atoms with Gasteiger partial charge in [0.2, 0.25) is 5.88 Å². The van der Waals surface area contributed by atoms with Crippen LogP contribution in [0.25, 0.3) is 0 Å². The second kappa shape index (κ2) is 8.39. The number of rotatable bonds is 4. The first-order valence-electron chi connectivity index (χ1n) is 8.74. The molecule has 25 heavy (non-hydrogen) atoms. The summed E-state index contributed by atoms with van der Waals surface area (Å²) in [5, 5.41) is 0.456. The quantitative estimate of drug-likeness (QED) is 0.827. The van der Waals surface area contributed by atoms with Crippen molar-refractivity contribution in [3.8, 4) is 5.88 Å². The molecule has 2 aromatic rings. The number of carbonyl (C=O) groups is 1. The first kappa shape index (κ1) is 17.8. The van der Waals surface area contributed by atoms with Crippen LogP contribution in [0, 0.1) is 6.92 Å². The van der Waals surface area contributed by atoms with Gasteiger partial charge in [0, 0.05) is 36.4 Å². The molecule has 4 nitrogen and oxygen atoms in total. The van der Waals surface area contributed by atoms with Crippen molar-refractivity contribution >= 4 is 17.7 Å². The Morgan fingerprint density at radius 3 is 2.84 bits per heavy atom. The number of hydrogen-bond donors (Lipinski definition) is 0. The number of carbonyl (C=O) groups excluding carboxylic acids is 1. The highest BCUT2D eigenvalue weighted by molar-refractivity contribution is 7.99. The molecule has 1 fully saturated rings. The number of ether oxygens (including phenoxy) is 1. The molecule has 0 aliphatic carbocycles. The average Bonchev–Trinajstić information content (AvgIpc) is 2.88. The maximum absolute atomic E-state index is 12.8. The van der Waals surface area contributed by atoms with E-state index in [1.54, 1.807) is 18.3 Å². The van der Waals surface area contributed by atoms with E-state index in [9.17, 15) is 4.79 Å². The summed E-state index contributed by atoms with van der Waals surface area (Å²) in [7, 11) is 0. The minimum absolute atomic E-state index is 0.0570. The molecular weight excluding hydrogens is 332 g/mol. The summed E-state index contributed by atoms with van der Waals surface area (Å²) in [6.45, 7) is 6.21. The summed E-state index contributed by atoms with van der Waals surface area (Å²) in [5.41, 5.74) is 3.35. The average molecular weight is 356 g/mol. The van der Waals surface area contributed by atoms with E-state index < -0.39 is 0 Å². The molecule has 1 aliphatic heterocycles. The standard InChI is InChI=1S/C20H24N2O2S/c1-3-24-19-9-8-16(14-21-19)20(23)22-11-10-18(25-13-12-22)17-7-5-4-6-15(17)2/h4-9,14,18H,3,10-13H2,1-2H3. The van der Waals surface area contributed by atoms with Crippen LogP contribution in [0.15, 0.2) is 42.6 Å². The smallest absolute Gasteiger partial charge is 0.255 e. The number of aryl methyl sites for hydroxylation is 1. The lowest BCUT2D eigenvalue weighted by Crippen LogP contribution is -2.33. The number of nitrogens with zero attached hydrogens (tertiary/aromatic N) is 2. The molecule has 0 saturated carbocycles. The fourth-order valence-corrected chi connectivity index (χ4v) is 4.42. The molecular formula is C20H24N2O2S. The van der Waals surface area contributed by atoms with E-state index in [1.807, 2.05) is 23.6 Å². The van der Waals surface area contributed by atoms with E-state index in [4.69, 9.17) is 4.74 Å². The lowest BCUT2D eigenvalue weighted by molar-refractivity contribution is 0.0766. The van der Waals surface area contributed by atoms with Gasteiger partial charge in [-0.25, -0.2) is 4.98 Å². The summed E-state index contributed by atoms with van der Waals surface area (Å²) in [6.07, 6.45) is 2.59. The molecule has 2 heterocycles. The van der Waals surface area contributed by atoms with Crippen LogP contribution < -0.4 is 4.74 Å². The van der Waals surface area contributed by atoms with E-state index in [1.165, 1.54) is 11.1 Å². The second-order valence-electron chi connectivity index (χ2n) is 6.12. The molecule has 3 rings (SSSR count). The van der Waals surface area contributed by atoms with Crippen LogP contribution >= 0.6 is 11.8 Å². The molecule has 5 heteroatoms. The van der Waals surface area contributed by atoms with Crippen LogP contribution in [0.2, 0.25) is 0 Å². The van der Waals surface area contributed by atoms with E-state index in [0.717, 1.165) is 25.3 Å². The van der Waals surface area contributed by atoms with E-state index in [0.29, 0.717) is 23.3 Å². The highest BCUT2D eigenvalue weighted by Crippen LogP contribution is 2.36. The molecule has 1 unspecified atom stereocenters. The highest BCUT2D eigenvalue weighted by atomic mass is 32.2. The zero-order valence-corrected chi connectivity index (χ0v) is 15.6. The Labute approximate surface area is 153 Å². The number of thioether (sulfide) groups is 1. The Morgan fingerprint density at radius 1 is 1.28 bits per heavy atom. The van der Waals surface area contributed by atoms with Crippen LogP contribution in [0.5, 0.6) is 5.88 Å². The Morgan fingerprint density at radius 2 is 2.12 bits per heavy atom. The van der Waals surface area contributed by atoms with Gasteiger partial charge >= 0.3 is 0 Å². The van der Waals surface area contributed by atoms with Gasteiger partial charge in [-0.2, -0.15) is 11.8 Å². The lowest BCUT2D eigenvalue weighted by atomic mass is 10.0. The zero-order valence-electron chi connectivity index (χ0n) is 14.8. The summed E-state index contributed by atoms with van der Waals surface area (Å²) in [6, 6.07) is 12.1. The van der Waals surface area contributed by atoms with Crippen molar-refractivity contribution < 1.29 is 9.53 Å². The molecule has 132 valence electrons. The van der Waals surface area contributed by atoms with Crippen LogP contribution in [-0.4, -0.2) is 41.2 Å². The number of aromatic nitrogens is 1. The molecule has 0 spiro atoms. The van der Waals surface area contributed by atoms with E-state index in [-0.39, 0.29) is 5.91 Å². The predicted octanol–water partition coefficient (Wildman–Crippen LogP) is 4.11. The van der Waals surface area contributed by atoms with E-state index in [2.05, 4.69) is 36.2 Å². The molecule has 1 saturated heterocycles. The maximum Gasteiger partial charge on any atom is 0.255 e. The fourth-order valence-electron chi connectivity index (χ4n) is 3.09. The van der Waals surface area contributed by atoms with Crippen LogP contribution in [0.4, 0.5) is 0 Å². The molecule has 1 aliphatic rings.